The van der Waals surface area contributed by atoms with Crippen LogP contribution in [-0.2, 0) is 12.8 Å². The Morgan fingerprint density at radius 2 is 2.05 bits per heavy atom. The van der Waals surface area contributed by atoms with Crippen LogP contribution in [0.3, 0.4) is 0 Å². The van der Waals surface area contributed by atoms with E-state index in [1.807, 2.05) is 0 Å². The molecule has 0 radical (unpaired) electrons. The molecule has 0 unspecified atom stereocenters. The zero-order valence-electron chi connectivity index (χ0n) is 12.4. The van der Waals surface area contributed by atoms with Crippen LogP contribution in [0.15, 0.2) is 0 Å². The minimum absolute atomic E-state index is 0.414. The predicted molar refractivity (Wildman–Crippen MR) is 87.1 cm³/mol. The molecule has 110 valence electrons. The first-order valence-electron chi connectivity index (χ1n) is 7.59. The Hall–Kier alpha value is -1.23. The first kappa shape index (κ1) is 15.2. The molecule has 0 bridgehead atoms. The number of hydrogen-bond donors (Lipinski definition) is 2. The molecule has 20 heavy (non-hydrogen) atoms. The van der Waals surface area contributed by atoms with Crippen molar-refractivity contribution >= 4 is 23.0 Å². The molecule has 0 spiro atoms. The van der Waals surface area contributed by atoms with Crippen molar-refractivity contribution in [3.05, 3.63) is 16.8 Å². The lowest BCUT2D eigenvalue weighted by atomic mass is 9.83. The van der Waals surface area contributed by atoms with E-state index in [-0.39, 0.29) is 0 Å². The number of hydrogen-bond acceptors (Lipinski definition) is 4. The van der Waals surface area contributed by atoms with Gasteiger partial charge in [0.15, 0.2) is 5.82 Å². The van der Waals surface area contributed by atoms with Crippen LogP contribution < -0.4 is 11.1 Å². The van der Waals surface area contributed by atoms with Gasteiger partial charge < -0.3 is 11.1 Å². The van der Waals surface area contributed by atoms with Crippen molar-refractivity contribution in [1.29, 1.82) is 0 Å². The van der Waals surface area contributed by atoms with Crippen LogP contribution in [-0.4, -0.2) is 21.7 Å². The fraction of sp³-hybridized carbons (Fsp3) is 0.667. The lowest BCUT2D eigenvalue weighted by Crippen LogP contribution is -2.21. The summed E-state index contributed by atoms with van der Waals surface area (Å²) in [7, 11) is 0. The van der Waals surface area contributed by atoms with Crippen LogP contribution in [0.4, 0.5) is 5.82 Å². The van der Waals surface area contributed by atoms with Crippen molar-refractivity contribution in [2.24, 2.45) is 11.7 Å². The lowest BCUT2D eigenvalue weighted by Gasteiger charge is -2.25. The van der Waals surface area contributed by atoms with Gasteiger partial charge in [-0.2, -0.15) is 5.10 Å². The first-order chi connectivity index (χ1) is 9.67. The summed E-state index contributed by atoms with van der Waals surface area (Å²) in [6.45, 7) is 5.11. The molecule has 0 saturated heterocycles. The summed E-state index contributed by atoms with van der Waals surface area (Å²) in [6, 6.07) is 0. The molecule has 0 aliphatic heterocycles. The maximum Gasteiger partial charge on any atom is 0.159 e. The van der Waals surface area contributed by atoms with Crippen molar-refractivity contribution in [3.63, 3.8) is 0 Å². The molecule has 1 aromatic heterocycles. The van der Waals surface area contributed by atoms with Gasteiger partial charge in [0.25, 0.3) is 0 Å². The molecule has 1 aromatic rings. The highest BCUT2D eigenvalue weighted by Crippen LogP contribution is 2.29. The standard InChI is InChI=1S/C15H24N4S/c1-3-11-12(4-2)18-19-15(13(11)14(16)20)17-9-8-10-6-5-7-10/h10H,3-9H2,1-2H3,(H2,16,20)(H,17,19). The molecule has 3 N–H and O–H groups in total. The summed E-state index contributed by atoms with van der Waals surface area (Å²) >= 11 is 5.22. The Morgan fingerprint density at radius 3 is 2.55 bits per heavy atom. The monoisotopic (exact) mass is 292 g/mol. The van der Waals surface area contributed by atoms with Crippen LogP contribution in [0.2, 0.25) is 0 Å². The number of nitrogens with two attached hydrogens (primary N) is 1. The summed E-state index contributed by atoms with van der Waals surface area (Å²) in [5, 5.41) is 12.0. The van der Waals surface area contributed by atoms with Crippen molar-refractivity contribution in [2.75, 3.05) is 11.9 Å². The third-order valence-electron chi connectivity index (χ3n) is 4.16. The average Bonchev–Trinajstić information content (AvgIpc) is 2.40. The van der Waals surface area contributed by atoms with E-state index in [1.165, 1.54) is 25.7 Å². The van der Waals surface area contributed by atoms with Crippen molar-refractivity contribution < 1.29 is 0 Å². The van der Waals surface area contributed by atoms with Crippen LogP contribution in [0, 0.1) is 5.92 Å². The van der Waals surface area contributed by atoms with E-state index in [1.54, 1.807) is 0 Å². The van der Waals surface area contributed by atoms with Crippen LogP contribution in [0.1, 0.15) is 56.4 Å². The zero-order chi connectivity index (χ0) is 14.5. The van der Waals surface area contributed by atoms with Gasteiger partial charge in [0.2, 0.25) is 0 Å². The Labute approximate surface area is 126 Å². The smallest absolute Gasteiger partial charge is 0.159 e. The molecule has 0 atom stereocenters. The molecule has 5 heteroatoms. The molecule has 1 heterocycles. The fourth-order valence-corrected chi connectivity index (χ4v) is 2.96. The Balaban J connectivity index is 2.15. The van der Waals surface area contributed by atoms with E-state index in [4.69, 9.17) is 18.0 Å². The number of rotatable bonds is 7. The van der Waals surface area contributed by atoms with Gasteiger partial charge >= 0.3 is 0 Å². The van der Waals surface area contributed by atoms with Gasteiger partial charge in [0.1, 0.15) is 4.99 Å². The predicted octanol–water partition coefficient (Wildman–Crippen LogP) is 2.84. The summed E-state index contributed by atoms with van der Waals surface area (Å²) in [5.74, 6) is 1.63. The molecule has 1 aliphatic carbocycles. The summed E-state index contributed by atoms with van der Waals surface area (Å²) in [4.78, 5) is 0.414. The Morgan fingerprint density at radius 1 is 1.30 bits per heavy atom. The second-order valence-electron chi connectivity index (χ2n) is 5.43. The van der Waals surface area contributed by atoms with Gasteiger partial charge in [-0.05, 0) is 30.7 Å². The van der Waals surface area contributed by atoms with E-state index in [0.29, 0.717) is 4.99 Å². The fourth-order valence-electron chi connectivity index (χ4n) is 2.74. The molecular weight excluding hydrogens is 268 g/mol. The summed E-state index contributed by atoms with van der Waals surface area (Å²) < 4.78 is 0. The molecule has 0 aromatic carbocycles. The average molecular weight is 292 g/mol. The number of anilines is 1. The van der Waals surface area contributed by atoms with Gasteiger partial charge in [0.05, 0.1) is 11.3 Å². The van der Waals surface area contributed by atoms with E-state index < -0.39 is 0 Å². The van der Waals surface area contributed by atoms with E-state index in [9.17, 15) is 0 Å². The van der Waals surface area contributed by atoms with E-state index >= 15 is 0 Å². The molecule has 2 rings (SSSR count). The topological polar surface area (TPSA) is 63.8 Å². The number of aryl methyl sites for hydroxylation is 1. The lowest BCUT2D eigenvalue weighted by molar-refractivity contribution is 0.303. The SMILES string of the molecule is CCc1nnc(NCCC2CCC2)c(C(N)=S)c1CC. The van der Waals surface area contributed by atoms with Crippen LogP contribution in [0.5, 0.6) is 0 Å². The Bertz CT molecular complexity index is 483. The molecule has 1 fully saturated rings. The second-order valence-corrected chi connectivity index (χ2v) is 5.87. The second kappa shape index (κ2) is 6.97. The van der Waals surface area contributed by atoms with Crippen LogP contribution in [0.25, 0.3) is 0 Å². The summed E-state index contributed by atoms with van der Waals surface area (Å²) in [6.07, 6.45) is 7.04. The maximum atomic E-state index is 5.91. The van der Waals surface area contributed by atoms with E-state index in [0.717, 1.165) is 47.9 Å². The van der Waals surface area contributed by atoms with E-state index in [2.05, 4.69) is 29.4 Å². The maximum absolute atomic E-state index is 5.91. The largest absolute Gasteiger partial charge is 0.389 e. The number of aromatic nitrogens is 2. The van der Waals surface area contributed by atoms with Crippen LogP contribution >= 0.6 is 12.2 Å². The number of nitrogens with one attached hydrogen (secondary N) is 1. The van der Waals surface area contributed by atoms with Gasteiger partial charge in [-0.15, -0.1) is 5.10 Å². The molecule has 1 saturated carbocycles. The third-order valence-corrected chi connectivity index (χ3v) is 4.37. The summed E-state index contributed by atoms with van der Waals surface area (Å²) in [5.41, 5.74) is 8.94. The van der Waals surface area contributed by atoms with Gasteiger partial charge in [-0.3, -0.25) is 0 Å². The minimum atomic E-state index is 0.414. The van der Waals surface area contributed by atoms with Crippen molar-refractivity contribution in [1.82, 2.24) is 10.2 Å². The quantitative estimate of drug-likeness (QED) is 0.757. The molecule has 4 nitrogen and oxygen atoms in total. The number of thiocarbonyl (C=S) groups is 1. The minimum Gasteiger partial charge on any atom is -0.389 e. The highest BCUT2D eigenvalue weighted by molar-refractivity contribution is 7.80. The highest BCUT2D eigenvalue weighted by atomic mass is 32.1. The third kappa shape index (κ3) is 3.26. The zero-order valence-corrected chi connectivity index (χ0v) is 13.2. The van der Waals surface area contributed by atoms with Gasteiger partial charge in [0, 0.05) is 6.54 Å². The van der Waals surface area contributed by atoms with Gasteiger partial charge in [-0.25, -0.2) is 0 Å². The molecule has 0 amide bonds. The molecular formula is C15H24N4S. The highest BCUT2D eigenvalue weighted by Gasteiger charge is 2.19. The van der Waals surface area contributed by atoms with Crippen molar-refractivity contribution in [2.45, 2.75) is 52.4 Å². The van der Waals surface area contributed by atoms with Gasteiger partial charge in [-0.1, -0.05) is 45.3 Å². The first-order valence-corrected chi connectivity index (χ1v) is 8.00. The number of nitrogens with zero attached hydrogens (tertiary/aromatic N) is 2. The molecule has 1 aliphatic rings. The Kier molecular flexibility index (Phi) is 5.29. The normalized spacial score (nSPS) is 14.9. The van der Waals surface area contributed by atoms with Crippen molar-refractivity contribution in [3.8, 4) is 0 Å².